The first-order valence-electron chi connectivity index (χ1n) is 9.85. The number of benzene rings is 1. The van der Waals surface area contributed by atoms with E-state index in [0.717, 1.165) is 43.8 Å². The van der Waals surface area contributed by atoms with Crippen molar-refractivity contribution in [3.63, 3.8) is 0 Å². The predicted octanol–water partition coefficient (Wildman–Crippen LogP) is 0.889. The number of carbonyl (C=O) groups is 4. The predicted molar refractivity (Wildman–Crippen MR) is 102 cm³/mol. The van der Waals surface area contributed by atoms with Crippen molar-refractivity contribution in [1.82, 2.24) is 15.5 Å². The first-order chi connectivity index (χ1) is 13.6. The van der Waals surface area contributed by atoms with Crippen LogP contribution in [0, 0.1) is 5.92 Å². The van der Waals surface area contributed by atoms with Gasteiger partial charge in [0.1, 0.15) is 6.04 Å². The molecule has 0 spiro atoms. The summed E-state index contributed by atoms with van der Waals surface area (Å²) in [6.07, 6.45) is 3.58. The van der Waals surface area contributed by atoms with Gasteiger partial charge in [-0.1, -0.05) is 6.07 Å². The molecule has 1 unspecified atom stereocenters. The highest BCUT2D eigenvalue weighted by Gasteiger charge is 2.45. The molecule has 2 saturated heterocycles. The highest BCUT2D eigenvalue weighted by Crippen LogP contribution is 2.32. The molecule has 0 saturated carbocycles. The number of rotatable bonds is 5. The fourth-order valence-corrected chi connectivity index (χ4v) is 4.24. The normalized spacial score (nSPS) is 23.0. The minimum absolute atomic E-state index is 0.116. The van der Waals surface area contributed by atoms with E-state index in [2.05, 4.69) is 16.0 Å². The lowest BCUT2D eigenvalue weighted by Gasteiger charge is -2.27. The second-order valence-corrected chi connectivity index (χ2v) is 7.58. The van der Waals surface area contributed by atoms with Crippen LogP contribution in [0.4, 0.5) is 5.69 Å². The first-order valence-corrected chi connectivity index (χ1v) is 9.85. The smallest absolute Gasteiger partial charge is 0.264 e. The van der Waals surface area contributed by atoms with Crippen LogP contribution >= 0.6 is 0 Å². The van der Waals surface area contributed by atoms with Gasteiger partial charge in [0.15, 0.2) is 0 Å². The lowest BCUT2D eigenvalue weighted by atomic mass is 9.94. The maximum atomic E-state index is 13.0. The number of hydrogen-bond donors (Lipinski definition) is 3. The van der Waals surface area contributed by atoms with Gasteiger partial charge in [-0.3, -0.25) is 29.4 Å². The van der Waals surface area contributed by atoms with Crippen LogP contribution in [0.15, 0.2) is 18.2 Å². The Labute approximate surface area is 163 Å². The van der Waals surface area contributed by atoms with Crippen LogP contribution in [0.25, 0.3) is 0 Å². The number of carbonyl (C=O) groups excluding carboxylic acids is 4. The molecule has 4 rings (SSSR count). The summed E-state index contributed by atoms with van der Waals surface area (Å²) in [6.45, 7) is 2.81. The molecule has 0 aromatic heterocycles. The molecule has 0 bridgehead atoms. The molecule has 4 amide bonds. The molecule has 1 atom stereocenters. The number of amides is 4. The third kappa shape index (κ3) is 3.40. The molecular weight excluding hydrogens is 360 g/mol. The molecule has 0 aliphatic carbocycles. The molecule has 1 aromatic carbocycles. The number of piperidine rings is 2. The van der Waals surface area contributed by atoms with Crippen molar-refractivity contribution < 1.29 is 19.2 Å². The number of fused-ring (bicyclic) bond motifs is 1. The van der Waals surface area contributed by atoms with Gasteiger partial charge in [0, 0.05) is 18.7 Å². The number of nitrogens with one attached hydrogen (secondary N) is 3. The van der Waals surface area contributed by atoms with Crippen molar-refractivity contribution in [1.29, 1.82) is 0 Å². The van der Waals surface area contributed by atoms with E-state index < -0.39 is 23.8 Å². The fraction of sp³-hybridized carbons (Fsp3) is 0.500. The van der Waals surface area contributed by atoms with Crippen LogP contribution in [0.1, 0.15) is 52.8 Å². The number of hydrogen-bond acceptors (Lipinski definition) is 6. The zero-order valence-electron chi connectivity index (χ0n) is 15.6. The molecule has 3 heterocycles. The fourth-order valence-electron chi connectivity index (χ4n) is 4.24. The van der Waals surface area contributed by atoms with Gasteiger partial charge in [-0.05, 0) is 56.8 Å². The Bertz CT molecular complexity index is 831. The lowest BCUT2D eigenvalue weighted by molar-refractivity contribution is -0.136. The minimum Gasteiger partial charge on any atom is -0.384 e. The second kappa shape index (κ2) is 7.71. The van der Waals surface area contributed by atoms with Gasteiger partial charge in [-0.15, -0.1) is 0 Å². The molecule has 3 aliphatic rings. The van der Waals surface area contributed by atoms with E-state index in [9.17, 15) is 19.2 Å². The molecule has 2 fully saturated rings. The lowest BCUT2D eigenvalue weighted by Crippen LogP contribution is -2.54. The van der Waals surface area contributed by atoms with Crippen molar-refractivity contribution in [2.75, 3.05) is 25.0 Å². The van der Waals surface area contributed by atoms with Crippen molar-refractivity contribution in [3.8, 4) is 0 Å². The Morgan fingerprint density at radius 1 is 1.04 bits per heavy atom. The molecule has 1 aromatic rings. The van der Waals surface area contributed by atoms with Crippen LogP contribution in [0.2, 0.25) is 0 Å². The van der Waals surface area contributed by atoms with Crippen LogP contribution < -0.4 is 16.0 Å². The first kappa shape index (κ1) is 18.6. The third-order valence-corrected chi connectivity index (χ3v) is 5.79. The molecule has 8 nitrogen and oxygen atoms in total. The average molecular weight is 384 g/mol. The van der Waals surface area contributed by atoms with Gasteiger partial charge < -0.3 is 10.6 Å². The molecule has 8 heteroatoms. The van der Waals surface area contributed by atoms with Gasteiger partial charge in [0.05, 0.1) is 11.1 Å². The van der Waals surface area contributed by atoms with Crippen LogP contribution in [-0.2, 0) is 9.59 Å². The largest absolute Gasteiger partial charge is 0.384 e. The molecule has 148 valence electrons. The van der Waals surface area contributed by atoms with Gasteiger partial charge in [0.2, 0.25) is 11.8 Å². The molecule has 3 N–H and O–H groups in total. The minimum atomic E-state index is -0.937. The van der Waals surface area contributed by atoms with Crippen LogP contribution in [0.5, 0.6) is 0 Å². The molecule has 0 radical (unpaired) electrons. The summed E-state index contributed by atoms with van der Waals surface area (Å²) in [5, 5.41) is 8.87. The SMILES string of the molecule is O=C1CCC(N2C(=O)c3cccc(NCCC4CCNCC4)c3C2=O)C(=O)N1. The number of anilines is 1. The van der Waals surface area contributed by atoms with E-state index in [1.54, 1.807) is 18.2 Å². The maximum Gasteiger partial charge on any atom is 0.264 e. The zero-order chi connectivity index (χ0) is 19.7. The zero-order valence-corrected chi connectivity index (χ0v) is 15.6. The summed E-state index contributed by atoms with van der Waals surface area (Å²) in [5.41, 5.74) is 1.25. The van der Waals surface area contributed by atoms with Crippen molar-refractivity contribution in [2.45, 2.75) is 38.1 Å². The van der Waals surface area contributed by atoms with Crippen molar-refractivity contribution in [2.24, 2.45) is 5.92 Å². The molecular formula is C20H24N4O4. The second-order valence-electron chi connectivity index (χ2n) is 7.58. The number of nitrogens with zero attached hydrogens (tertiary/aromatic N) is 1. The van der Waals surface area contributed by atoms with E-state index >= 15 is 0 Å². The number of imide groups is 2. The van der Waals surface area contributed by atoms with Gasteiger partial charge >= 0.3 is 0 Å². The Kier molecular flexibility index (Phi) is 5.13. The van der Waals surface area contributed by atoms with E-state index in [0.29, 0.717) is 22.7 Å². The topological polar surface area (TPSA) is 108 Å². The van der Waals surface area contributed by atoms with E-state index in [1.165, 1.54) is 0 Å². The van der Waals surface area contributed by atoms with Gasteiger partial charge in [0.25, 0.3) is 11.8 Å². The average Bonchev–Trinajstić information content (AvgIpc) is 2.94. The van der Waals surface area contributed by atoms with Crippen molar-refractivity contribution >= 4 is 29.3 Å². The Morgan fingerprint density at radius 2 is 1.82 bits per heavy atom. The maximum absolute atomic E-state index is 13.0. The van der Waals surface area contributed by atoms with E-state index in [1.807, 2.05) is 0 Å². The third-order valence-electron chi connectivity index (χ3n) is 5.79. The van der Waals surface area contributed by atoms with Crippen LogP contribution in [0.3, 0.4) is 0 Å². The van der Waals surface area contributed by atoms with E-state index in [4.69, 9.17) is 0 Å². The Balaban J connectivity index is 1.49. The Hall–Kier alpha value is -2.74. The summed E-state index contributed by atoms with van der Waals surface area (Å²) in [5.74, 6) is -1.26. The summed E-state index contributed by atoms with van der Waals surface area (Å²) in [4.78, 5) is 50.4. The monoisotopic (exact) mass is 384 g/mol. The van der Waals surface area contributed by atoms with E-state index in [-0.39, 0.29) is 18.7 Å². The summed E-state index contributed by atoms with van der Waals surface area (Å²) < 4.78 is 0. The Morgan fingerprint density at radius 3 is 2.57 bits per heavy atom. The molecule has 28 heavy (non-hydrogen) atoms. The molecule has 3 aliphatic heterocycles. The summed E-state index contributed by atoms with van der Waals surface area (Å²) >= 11 is 0. The standard InChI is InChI=1S/C20H24N4O4/c25-16-5-4-15(18(26)23-16)24-19(27)13-2-1-3-14(17(13)20(24)28)22-11-8-12-6-9-21-10-7-12/h1-3,12,15,21-22H,4-11H2,(H,23,25,26). The van der Waals surface area contributed by atoms with Gasteiger partial charge in [-0.2, -0.15) is 0 Å². The van der Waals surface area contributed by atoms with Crippen molar-refractivity contribution in [3.05, 3.63) is 29.3 Å². The summed E-state index contributed by atoms with van der Waals surface area (Å²) in [6, 6.07) is 4.21. The highest BCUT2D eigenvalue weighted by molar-refractivity contribution is 6.25. The highest BCUT2D eigenvalue weighted by atomic mass is 16.2. The quantitative estimate of drug-likeness (QED) is 0.651. The summed E-state index contributed by atoms with van der Waals surface area (Å²) in [7, 11) is 0. The van der Waals surface area contributed by atoms with Crippen LogP contribution in [-0.4, -0.2) is 54.2 Å². The van der Waals surface area contributed by atoms with Gasteiger partial charge in [-0.25, -0.2) is 0 Å².